The van der Waals surface area contributed by atoms with E-state index in [1.807, 2.05) is 0 Å². The summed E-state index contributed by atoms with van der Waals surface area (Å²) in [6.45, 7) is 0. The fourth-order valence-electron chi connectivity index (χ4n) is 2.40. The number of rotatable bonds is 6. The van der Waals surface area contributed by atoms with Crippen molar-refractivity contribution < 1.29 is 44.4 Å². The van der Waals surface area contributed by atoms with Crippen LogP contribution in [-0.4, -0.2) is 50.2 Å². The van der Waals surface area contributed by atoms with Gasteiger partial charge in [0, 0.05) is 0 Å². The lowest BCUT2D eigenvalue weighted by molar-refractivity contribution is 0.0649. The Kier molecular flexibility index (Phi) is 5.21. The smallest absolute Gasteiger partial charge is 0.338 e. The summed E-state index contributed by atoms with van der Waals surface area (Å²) in [6.07, 6.45) is 0. The highest BCUT2D eigenvalue weighted by molar-refractivity contribution is 6.16. The monoisotopic (exact) mass is 373 g/mol. The molecule has 0 spiro atoms. The molecule has 2 aromatic rings. The Morgan fingerprint density at radius 1 is 0.593 bits per heavy atom. The van der Waals surface area contributed by atoms with E-state index in [0.717, 1.165) is 30.3 Å². The third kappa shape index (κ3) is 3.74. The van der Waals surface area contributed by atoms with E-state index in [9.17, 15) is 34.2 Å². The predicted octanol–water partition coefficient (Wildman–Crippen LogP) is 1.73. The van der Waals surface area contributed by atoms with Crippen LogP contribution >= 0.6 is 0 Å². The Morgan fingerprint density at radius 2 is 1.04 bits per heavy atom. The average molecular weight is 373 g/mol. The molecule has 0 bridgehead atoms. The maximum absolute atomic E-state index is 12.5. The van der Waals surface area contributed by atoms with Crippen molar-refractivity contribution >= 4 is 35.5 Å². The normalized spacial score (nSPS) is 10.1. The number of amides is 1. The summed E-state index contributed by atoms with van der Waals surface area (Å²) in [7, 11) is 0. The molecule has 27 heavy (non-hydrogen) atoms. The van der Waals surface area contributed by atoms with Gasteiger partial charge in [-0.1, -0.05) is 12.1 Å². The third-order valence-electron chi connectivity index (χ3n) is 3.51. The zero-order valence-electron chi connectivity index (χ0n) is 13.3. The SMILES string of the molecule is O=C(O)c1cccc(NC(=O)c2cccc(C(=O)O)c2C(=O)O)c1C(=O)O. The van der Waals surface area contributed by atoms with Crippen LogP contribution < -0.4 is 5.32 Å². The Morgan fingerprint density at radius 3 is 1.52 bits per heavy atom. The van der Waals surface area contributed by atoms with Crippen LogP contribution in [0.25, 0.3) is 0 Å². The second-order valence-electron chi connectivity index (χ2n) is 5.13. The summed E-state index contributed by atoms with van der Waals surface area (Å²) in [5.74, 6) is -7.51. The van der Waals surface area contributed by atoms with E-state index in [1.165, 1.54) is 6.07 Å². The predicted molar refractivity (Wildman–Crippen MR) is 88.7 cm³/mol. The van der Waals surface area contributed by atoms with Gasteiger partial charge in [0.25, 0.3) is 5.91 Å². The Bertz CT molecular complexity index is 994. The van der Waals surface area contributed by atoms with Crippen molar-refractivity contribution in [3.63, 3.8) is 0 Å². The van der Waals surface area contributed by atoms with Crippen LogP contribution in [0.1, 0.15) is 51.8 Å². The first-order chi connectivity index (χ1) is 12.6. The van der Waals surface area contributed by atoms with Gasteiger partial charge in [0.1, 0.15) is 0 Å². The number of benzene rings is 2. The molecule has 1 amide bonds. The lowest BCUT2D eigenvalue weighted by atomic mass is 9.99. The highest BCUT2D eigenvalue weighted by Gasteiger charge is 2.26. The summed E-state index contributed by atoms with van der Waals surface area (Å²) < 4.78 is 0. The summed E-state index contributed by atoms with van der Waals surface area (Å²) in [4.78, 5) is 57.6. The van der Waals surface area contributed by atoms with Gasteiger partial charge < -0.3 is 25.7 Å². The Hall–Kier alpha value is -4.21. The van der Waals surface area contributed by atoms with Crippen molar-refractivity contribution in [2.75, 3.05) is 5.32 Å². The molecule has 0 saturated carbocycles. The molecule has 0 aromatic heterocycles. The van der Waals surface area contributed by atoms with E-state index >= 15 is 0 Å². The number of hydrogen-bond acceptors (Lipinski definition) is 5. The summed E-state index contributed by atoms with van der Waals surface area (Å²) in [5.41, 5.74) is -3.62. The summed E-state index contributed by atoms with van der Waals surface area (Å²) >= 11 is 0. The van der Waals surface area contributed by atoms with Crippen molar-refractivity contribution in [2.24, 2.45) is 0 Å². The van der Waals surface area contributed by atoms with E-state index < -0.39 is 57.6 Å². The second kappa shape index (κ2) is 7.35. The van der Waals surface area contributed by atoms with E-state index in [-0.39, 0.29) is 5.69 Å². The van der Waals surface area contributed by atoms with E-state index in [0.29, 0.717) is 0 Å². The quantitative estimate of drug-likeness (QED) is 0.504. The van der Waals surface area contributed by atoms with Gasteiger partial charge in [-0.25, -0.2) is 19.2 Å². The fraction of sp³-hybridized carbons (Fsp3) is 0. The number of carbonyl (C=O) groups excluding carboxylic acids is 1. The molecular weight excluding hydrogens is 362 g/mol. The van der Waals surface area contributed by atoms with E-state index in [4.69, 9.17) is 10.2 Å². The van der Waals surface area contributed by atoms with E-state index in [1.54, 1.807) is 0 Å². The molecule has 0 saturated heterocycles. The number of aromatic carboxylic acids is 4. The third-order valence-corrected chi connectivity index (χ3v) is 3.51. The first-order valence-corrected chi connectivity index (χ1v) is 7.15. The molecular formula is C17H11NO9. The molecule has 0 aliphatic heterocycles. The number of carbonyl (C=O) groups is 5. The molecule has 0 radical (unpaired) electrons. The maximum atomic E-state index is 12.5. The number of carboxylic acid groups (broad SMARTS) is 4. The number of carboxylic acids is 4. The number of nitrogens with one attached hydrogen (secondary N) is 1. The van der Waals surface area contributed by atoms with Crippen LogP contribution in [0.2, 0.25) is 0 Å². The highest BCUT2D eigenvalue weighted by Crippen LogP contribution is 2.23. The maximum Gasteiger partial charge on any atom is 0.338 e. The molecule has 5 N–H and O–H groups in total. The minimum absolute atomic E-state index is 0.385. The first-order valence-electron chi connectivity index (χ1n) is 7.15. The van der Waals surface area contributed by atoms with Gasteiger partial charge in [0.2, 0.25) is 0 Å². The number of hydrogen-bond donors (Lipinski definition) is 5. The van der Waals surface area contributed by atoms with Gasteiger partial charge in [-0.15, -0.1) is 0 Å². The fourth-order valence-corrected chi connectivity index (χ4v) is 2.40. The van der Waals surface area contributed by atoms with Crippen molar-refractivity contribution in [1.82, 2.24) is 0 Å². The molecule has 2 aromatic carbocycles. The molecule has 0 unspecified atom stereocenters. The summed E-state index contributed by atoms with van der Waals surface area (Å²) in [6, 6.07) is 6.53. The van der Waals surface area contributed by atoms with Crippen LogP contribution in [0.4, 0.5) is 5.69 Å². The molecule has 10 heteroatoms. The van der Waals surface area contributed by atoms with Crippen LogP contribution in [-0.2, 0) is 0 Å². The van der Waals surface area contributed by atoms with Gasteiger partial charge >= 0.3 is 23.9 Å². The van der Waals surface area contributed by atoms with Crippen LogP contribution in [0.5, 0.6) is 0 Å². The molecule has 0 atom stereocenters. The molecule has 0 heterocycles. The molecule has 0 aliphatic rings. The Balaban J connectivity index is 2.57. The average Bonchev–Trinajstić information content (AvgIpc) is 2.60. The zero-order chi connectivity index (χ0) is 20.3. The second-order valence-corrected chi connectivity index (χ2v) is 5.13. The van der Waals surface area contributed by atoms with Crippen LogP contribution in [0, 0.1) is 0 Å². The van der Waals surface area contributed by atoms with Crippen LogP contribution in [0.15, 0.2) is 36.4 Å². The highest BCUT2D eigenvalue weighted by atomic mass is 16.4. The van der Waals surface area contributed by atoms with Crippen molar-refractivity contribution in [3.05, 3.63) is 64.2 Å². The van der Waals surface area contributed by atoms with Crippen molar-refractivity contribution in [1.29, 1.82) is 0 Å². The van der Waals surface area contributed by atoms with Crippen LogP contribution in [0.3, 0.4) is 0 Å². The minimum atomic E-state index is -1.67. The lowest BCUT2D eigenvalue weighted by Gasteiger charge is -2.13. The largest absolute Gasteiger partial charge is 0.478 e. The molecule has 0 fully saturated rings. The van der Waals surface area contributed by atoms with Crippen molar-refractivity contribution in [2.45, 2.75) is 0 Å². The summed E-state index contributed by atoms with van der Waals surface area (Å²) in [5, 5.41) is 38.8. The zero-order valence-corrected chi connectivity index (χ0v) is 13.3. The van der Waals surface area contributed by atoms with Gasteiger partial charge in [0.05, 0.1) is 33.5 Å². The van der Waals surface area contributed by atoms with Gasteiger partial charge in [-0.3, -0.25) is 4.79 Å². The topological polar surface area (TPSA) is 178 Å². The molecule has 0 aliphatic carbocycles. The minimum Gasteiger partial charge on any atom is -0.478 e. The van der Waals surface area contributed by atoms with E-state index in [2.05, 4.69) is 5.32 Å². The standard InChI is InChI=1S/C17H11NO9/c19-13(7-3-1-4-8(14(20)21)11(7)16(24)25)18-10-6-2-5-9(15(22)23)12(10)17(26)27/h1-6H,(H,18,19)(H,20,21)(H,22,23)(H,24,25)(H,26,27). The van der Waals surface area contributed by atoms with Gasteiger partial charge in [-0.05, 0) is 24.3 Å². The van der Waals surface area contributed by atoms with Gasteiger partial charge in [0.15, 0.2) is 0 Å². The lowest BCUT2D eigenvalue weighted by Crippen LogP contribution is -2.21. The van der Waals surface area contributed by atoms with Crippen molar-refractivity contribution in [3.8, 4) is 0 Å². The molecule has 2 rings (SSSR count). The van der Waals surface area contributed by atoms with Gasteiger partial charge in [-0.2, -0.15) is 0 Å². The number of anilines is 1. The molecule has 10 nitrogen and oxygen atoms in total. The first kappa shape index (κ1) is 19.1. The molecule has 138 valence electrons. The Labute approximate surface area is 150 Å².